The van der Waals surface area contributed by atoms with Gasteiger partial charge in [-0.05, 0) is 37.8 Å². The van der Waals surface area contributed by atoms with Crippen molar-refractivity contribution in [2.75, 3.05) is 35.2 Å². The van der Waals surface area contributed by atoms with Crippen LogP contribution in [0.3, 0.4) is 0 Å². The molecular weight excluding hydrogens is 398 g/mol. The normalized spacial score (nSPS) is 18.8. The molecule has 0 spiro atoms. The number of amides is 2. The fraction of sp³-hybridized carbons (Fsp3) is 0.455. The highest BCUT2D eigenvalue weighted by atomic mass is 16.5. The summed E-state index contributed by atoms with van der Waals surface area (Å²) in [6, 6.07) is 7.05. The molecule has 164 valence electrons. The first-order valence-electron chi connectivity index (χ1n) is 10.7. The van der Waals surface area contributed by atoms with Crippen molar-refractivity contribution in [1.82, 2.24) is 9.97 Å². The number of anilines is 3. The number of fused-ring (bicyclic) bond motifs is 1. The van der Waals surface area contributed by atoms with E-state index >= 15 is 0 Å². The number of carbonyl (C=O) groups is 2. The maximum Gasteiger partial charge on any atom is 0.258 e. The van der Waals surface area contributed by atoms with Crippen LogP contribution in [-0.2, 0) is 9.59 Å². The molecule has 0 saturated carbocycles. The second-order valence-corrected chi connectivity index (χ2v) is 8.04. The van der Waals surface area contributed by atoms with Gasteiger partial charge in [0.25, 0.3) is 5.56 Å². The van der Waals surface area contributed by atoms with E-state index in [2.05, 4.69) is 27.5 Å². The minimum Gasteiger partial charge on any atom is -0.492 e. The Balaban J connectivity index is 1.62. The second kappa shape index (κ2) is 8.79. The highest BCUT2D eigenvalue weighted by Gasteiger charge is 2.35. The molecule has 0 bridgehead atoms. The lowest BCUT2D eigenvalue weighted by atomic mass is 9.92. The number of hydrogen-bond acceptors (Lipinski definition) is 6. The molecule has 1 aromatic heterocycles. The number of benzene rings is 1. The zero-order valence-corrected chi connectivity index (χ0v) is 17.7. The van der Waals surface area contributed by atoms with Crippen LogP contribution in [0.1, 0.15) is 44.6 Å². The summed E-state index contributed by atoms with van der Waals surface area (Å²) >= 11 is 0. The molecule has 2 aliphatic heterocycles. The van der Waals surface area contributed by atoms with Crippen LogP contribution in [0.15, 0.2) is 29.1 Å². The Hall–Kier alpha value is -3.36. The van der Waals surface area contributed by atoms with E-state index in [1.54, 1.807) is 18.2 Å². The van der Waals surface area contributed by atoms with Crippen LogP contribution in [-0.4, -0.2) is 41.5 Å². The SMILES string of the molecule is CCOc1ccccc1NC(=O)C1CC(=O)Nc2nc(N3CCC(C)CC3)[nH]c(=O)c21. The number of piperidine rings is 1. The van der Waals surface area contributed by atoms with Crippen molar-refractivity contribution in [2.45, 2.75) is 39.0 Å². The van der Waals surface area contributed by atoms with Gasteiger partial charge in [-0.3, -0.25) is 19.4 Å². The van der Waals surface area contributed by atoms with Gasteiger partial charge in [0, 0.05) is 19.5 Å². The fourth-order valence-electron chi connectivity index (χ4n) is 4.02. The van der Waals surface area contributed by atoms with Gasteiger partial charge in [0.15, 0.2) is 0 Å². The third kappa shape index (κ3) is 4.40. The summed E-state index contributed by atoms with van der Waals surface area (Å²) in [6.07, 6.45) is 1.90. The standard InChI is InChI=1S/C22H27N5O4/c1-3-31-16-7-5-4-6-15(16)23-20(29)14-12-17(28)24-19-18(14)21(30)26-22(25-19)27-10-8-13(2)9-11-27/h4-7,13-14H,3,8-12H2,1-2H3,(H,23,29)(H2,24,25,26,28,30). The van der Waals surface area contributed by atoms with E-state index in [0.29, 0.717) is 29.9 Å². The van der Waals surface area contributed by atoms with E-state index in [-0.39, 0.29) is 23.7 Å². The maximum atomic E-state index is 13.1. The Morgan fingerprint density at radius 1 is 1.26 bits per heavy atom. The lowest BCUT2D eigenvalue weighted by Gasteiger charge is -2.31. The zero-order chi connectivity index (χ0) is 22.0. The van der Waals surface area contributed by atoms with E-state index in [1.165, 1.54) is 0 Å². The molecule has 3 heterocycles. The van der Waals surface area contributed by atoms with Crippen LogP contribution >= 0.6 is 0 Å². The summed E-state index contributed by atoms with van der Waals surface area (Å²) in [7, 11) is 0. The molecule has 9 heteroatoms. The number of hydrogen-bond donors (Lipinski definition) is 3. The number of carbonyl (C=O) groups excluding carboxylic acids is 2. The quantitative estimate of drug-likeness (QED) is 0.678. The van der Waals surface area contributed by atoms with Crippen LogP contribution in [0.2, 0.25) is 0 Å². The number of ether oxygens (including phenoxy) is 1. The Morgan fingerprint density at radius 3 is 2.74 bits per heavy atom. The molecule has 2 aromatic rings. The summed E-state index contributed by atoms with van der Waals surface area (Å²) < 4.78 is 5.55. The Labute approximate surface area is 180 Å². The average molecular weight is 425 g/mol. The van der Waals surface area contributed by atoms with Crippen molar-refractivity contribution in [2.24, 2.45) is 5.92 Å². The van der Waals surface area contributed by atoms with Gasteiger partial charge in [-0.2, -0.15) is 4.98 Å². The van der Waals surface area contributed by atoms with Gasteiger partial charge in [0.1, 0.15) is 11.6 Å². The number of para-hydroxylation sites is 2. The summed E-state index contributed by atoms with van der Waals surface area (Å²) in [5.41, 5.74) is 0.266. The molecule has 0 aliphatic carbocycles. The number of aromatic amines is 1. The molecule has 2 amide bonds. The molecule has 1 saturated heterocycles. The Bertz CT molecular complexity index is 1040. The van der Waals surface area contributed by atoms with Crippen LogP contribution in [0.25, 0.3) is 0 Å². The van der Waals surface area contributed by atoms with Crippen molar-refractivity contribution < 1.29 is 14.3 Å². The zero-order valence-electron chi connectivity index (χ0n) is 17.7. The molecule has 3 N–H and O–H groups in total. The topological polar surface area (TPSA) is 116 Å². The highest BCUT2D eigenvalue weighted by molar-refractivity contribution is 6.04. The number of nitrogens with zero attached hydrogens (tertiary/aromatic N) is 2. The predicted octanol–water partition coefficient (Wildman–Crippen LogP) is 2.47. The van der Waals surface area contributed by atoms with Crippen LogP contribution in [0.4, 0.5) is 17.5 Å². The van der Waals surface area contributed by atoms with E-state index in [0.717, 1.165) is 25.9 Å². The number of H-pyrrole nitrogens is 1. The van der Waals surface area contributed by atoms with Gasteiger partial charge < -0.3 is 20.3 Å². The van der Waals surface area contributed by atoms with Crippen molar-refractivity contribution in [3.63, 3.8) is 0 Å². The molecule has 31 heavy (non-hydrogen) atoms. The predicted molar refractivity (Wildman–Crippen MR) is 118 cm³/mol. The van der Waals surface area contributed by atoms with E-state index in [4.69, 9.17) is 4.74 Å². The van der Waals surface area contributed by atoms with Gasteiger partial charge >= 0.3 is 0 Å². The molecular formula is C22H27N5O4. The summed E-state index contributed by atoms with van der Waals surface area (Å²) in [5, 5.41) is 5.47. The Kier molecular flexibility index (Phi) is 5.92. The first kappa shape index (κ1) is 20.9. The lowest BCUT2D eigenvalue weighted by Crippen LogP contribution is -2.39. The smallest absolute Gasteiger partial charge is 0.258 e. The van der Waals surface area contributed by atoms with Crippen LogP contribution in [0.5, 0.6) is 5.75 Å². The molecule has 1 atom stereocenters. The molecule has 1 fully saturated rings. The van der Waals surface area contributed by atoms with E-state index < -0.39 is 17.4 Å². The second-order valence-electron chi connectivity index (χ2n) is 8.04. The molecule has 1 aromatic carbocycles. The molecule has 2 aliphatic rings. The lowest BCUT2D eigenvalue weighted by molar-refractivity contribution is -0.123. The van der Waals surface area contributed by atoms with Gasteiger partial charge in [-0.25, -0.2) is 0 Å². The van der Waals surface area contributed by atoms with Crippen LogP contribution in [0, 0.1) is 5.92 Å². The first-order valence-corrected chi connectivity index (χ1v) is 10.7. The monoisotopic (exact) mass is 425 g/mol. The third-order valence-electron chi connectivity index (χ3n) is 5.78. The average Bonchev–Trinajstić information content (AvgIpc) is 2.75. The first-order chi connectivity index (χ1) is 15.0. The largest absolute Gasteiger partial charge is 0.492 e. The van der Waals surface area contributed by atoms with Crippen LogP contribution < -0.4 is 25.8 Å². The van der Waals surface area contributed by atoms with Crippen molar-refractivity contribution in [1.29, 1.82) is 0 Å². The number of nitrogens with one attached hydrogen (secondary N) is 3. The fourth-order valence-corrected chi connectivity index (χ4v) is 4.02. The highest BCUT2D eigenvalue weighted by Crippen LogP contribution is 2.32. The molecule has 9 nitrogen and oxygen atoms in total. The van der Waals surface area contributed by atoms with Crippen molar-refractivity contribution in [3.05, 3.63) is 40.2 Å². The molecule has 4 rings (SSSR count). The van der Waals surface area contributed by atoms with Crippen molar-refractivity contribution >= 4 is 29.3 Å². The van der Waals surface area contributed by atoms with Gasteiger partial charge in [-0.15, -0.1) is 0 Å². The number of rotatable bonds is 5. The molecule has 1 unspecified atom stereocenters. The van der Waals surface area contributed by atoms with Crippen molar-refractivity contribution in [3.8, 4) is 5.75 Å². The van der Waals surface area contributed by atoms with Gasteiger partial charge in [-0.1, -0.05) is 19.1 Å². The summed E-state index contributed by atoms with van der Waals surface area (Å²) in [6.45, 7) is 6.08. The third-order valence-corrected chi connectivity index (χ3v) is 5.78. The maximum absolute atomic E-state index is 13.1. The minimum absolute atomic E-state index is 0.124. The van der Waals surface area contributed by atoms with Gasteiger partial charge in [0.2, 0.25) is 17.8 Å². The summed E-state index contributed by atoms with van der Waals surface area (Å²) in [4.78, 5) is 47.7. The number of aromatic nitrogens is 2. The minimum atomic E-state index is -0.940. The van der Waals surface area contributed by atoms with Gasteiger partial charge in [0.05, 0.1) is 23.8 Å². The molecule has 0 radical (unpaired) electrons. The van der Waals surface area contributed by atoms with E-state index in [1.807, 2.05) is 17.9 Å². The Morgan fingerprint density at radius 2 is 2.00 bits per heavy atom. The summed E-state index contributed by atoms with van der Waals surface area (Å²) in [5.74, 6) is 0.0151. The van der Waals surface area contributed by atoms with E-state index in [9.17, 15) is 14.4 Å².